The highest BCUT2D eigenvalue weighted by molar-refractivity contribution is 5.85. The highest BCUT2D eigenvalue weighted by Gasteiger charge is 2.32. The van der Waals surface area contributed by atoms with E-state index in [2.05, 4.69) is 9.72 Å². The number of anilines is 1. The first-order valence-electron chi connectivity index (χ1n) is 2.95. The molecule has 0 amide bonds. The van der Waals surface area contributed by atoms with Crippen LogP contribution in [0.3, 0.4) is 0 Å². The molecule has 1 rings (SSSR count). The van der Waals surface area contributed by atoms with Gasteiger partial charge < -0.3 is 10.5 Å². The van der Waals surface area contributed by atoms with E-state index >= 15 is 0 Å². The summed E-state index contributed by atoms with van der Waals surface area (Å²) in [5, 5.41) is 0. The molecular formula is C6H6ClF3N2O. The van der Waals surface area contributed by atoms with Crippen LogP contribution < -0.4 is 10.5 Å². The van der Waals surface area contributed by atoms with Gasteiger partial charge >= 0.3 is 6.36 Å². The first-order chi connectivity index (χ1) is 5.49. The number of pyridine rings is 1. The van der Waals surface area contributed by atoms with Crippen LogP contribution in [0.5, 0.6) is 5.88 Å². The van der Waals surface area contributed by atoms with E-state index in [-0.39, 0.29) is 18.1 Å². The van der Waals surface area contributed by atoms with Gasteiger partial charge in [-0.3, -0.25) is 0 Å². The quantitative estimate of drug-likeness (QED) is 0.778. The van der Waals surface area contributed by atoms with Crippen LogP contribution in [0.4, 0.5) is 18.9 Å². The molecule has 0 saturated heterocycles. The number of ether oxygens (including phenoxy) is 1. The second kappa shape index (κ2) is 4.18. The topological polar surface area (TPSA) is 48.1 Å². The summed E-state index contributed by atoms with van der Waals surface area (Å²) in [7, 11) is 0. The van der Waals surface area contributed by atoms with Gasteiger partial charge in [0.1, 0.15) is 0 Å². The highest BCUT2D eigenvalue weighted by Crippen LogP contribution is 2.24. The standard InChI is InChI=1S/C6H5F3N2O.ClH/c7-6(8,9)12-5-4(10)2-1-3-11-5;/h1-3H,10H2;1H. The van der Waals surface area contributed by atoms with Crippen molar-refractivity contribution in [1.29, 1.82) is 0 Å². The first kappa shape index (κ1) is 11.8. The summed E-state index contributed by atoms with van der Waals surface area (Å²) in [6, 6.07) is 2.69. The zero-order valence-corrected chi connectivity index (χ0v) is 7.02. The number of aromatic nitrogens is 1. The maximum atomic E-state index is 11.6. The zero-order chi connectivity index (χ0) is 9.19. The molecule has 0 aromatic carbocycles. The molecule has 0 bridgehead atoms. The van der Waals surface area contributed by atoms with E-state index in [9.17, 15) is 13.2 Å². The number of halogens is 4. The minimum atomic E-state index is -4.75. The van der Waals surface area contributed by atoms with Gasteiger partial charge in [0.2, 0.25) is 5.88 Å². The van der Waals surface area contributed by atoms with E-state index in [1.807, 2.05) is 0 Å². The van der Waals surface area contributed by atoms with Gasteiger partial charge in [0.25, 0.3) is 0 Å². The first-order valence-corrected chi connectivity index (χ1v) is 2.95. The fourth-order valence-electron chi connectivity index (χ4n) is 0.598. The predicted octanol–water partition coefficient (Wildman–Crippen LogP) is 1.98. The summed E-state index contributed by atoms with van der Waals surface area (Å²) in [6.07, 6.45) is -3.58. The van der Waals surface area contributed by atoms with Gasteiger partial charge in [-0.25, -0.2) is 4.98 Å². The normalized spacial score (nSPS) is 10.4. The maximum Gasteiger partial charge on any atom is 0.574 e. The molecule has 7 heteroatoms. The van der Waals surface area contributed by atoms with Crippen molar-refractivity contribution in [3.8, 4) is 5.88 Å². The van der Waals surface area contributed by atoms with Crippen LogP contribution in [-0.4, -0.2) is 11.3 Å². The number of alkyl halides is 3. The number of rotatable bonds is 1. The summed E-state index contributed by atoms with van der Waals surface area (Å²) in [5.41, 5.74) is 5.00. The van der Waals surface area contributed by atoms with E-state index < -0.39 is 12.2 Å². The molecule has 0 atom stereocenters. The third-order valence-corrected chi connectivity index (χ3v) is 1.01. The molecule has 0 aliphatic heterocycles. The third kappa shape index (κ3) is 3.84. The summed E-state index contributed by atoms with van der Waals surface area (Å²) >= 11 is 0. The summed E-state index contributed by atoms with van der Waals surface area (Å²) < 4.78 is 38.3. The maximum absolute atomic E-state index is 11.6. The molecule has 0 aliphatic rings. The monoisotopic (exact) mass is 214 g/mol. The lowest BCUT2D eigenvalue weighted by atomic mass is 10.4. The minimum absolute atomic E-state index is 0. The molecule has 74 valence electrons. The van der Waals surface area contributed by atoms with Crippen LogP contribution in [0.15, 0.2) is 18.3 Å². The van der Waals surface area contributed by atoms with Crippen LogP contribution in [0.1, 0.15) is 0 Å². The lowest BCUT2D eigenvalue weighted by Crippen LogP contribution is -2.18. The van der Waals surface area contributed by atoms with Gasteiger partial charge in [0.05, 0.1) is 5.69 Å². The van der Waals surface area contributed by atoms with Crippen LogP contribution >= 0.6 is 12.4 Å². The molecule has 0 aliphatic carbocycles. The van der Waals surface area contributed by atoms with Crippen molar-refractivity contribution in [2.24, 2.45) is 0 Å². The van der Waals surface area contributed by atoms with E-state index in [1.54, 1.807) is 0 Å². The number of hydrogen-bond acceptors (Lipinski definition) is 3. The fourth-order valence-corrected chi connectivity index (χ4v) is 0.598. The molecular weight excluding hydrogens is 209 g/mol. The van der Waals surface area contributed by atoms with Crippen molar-refractivity contribution >= 4 is 18.1 Å². The number of hydrogen-bond donors (Lipinski definition) is 1. The van der Waals surface area contributed by atoms with Crippen LogP contribution in [0.2, 0.25) is 0 Å². The molecule has 0 spiro atoms. The number of nitrogens with zero attached hydrogens (tertiary/aromatic N) is 1. The van der Waals surface area contributed by atoms with E-state index in [0.717, 1.165) is 6.20 Å². The van der Waals surface area contributed by atoms with Gasteiger partial charge in [-0.05, 0) is 12.1 Å². The zero-order valence-electron chi connectivity index (χ0n) is 6.21. The van der Waals surface area contributed by atoms with Crippen molar-refractivity contribution in [3.05, 3.63) is 18.3 Å². The van der Waals surface area contributed by atoms with E-state index in [1.165, 1.54) is 12.1 Å². The van der Waals surface area contributed by atoms with Crippen LogP contribution in [0.25, 0.3) is 0 Å². The molecule has 0 radical (unpaired) electrons. The Labute approximate surface area is 78.1 Å². The second-order valence-electron chi connectivity index (χ2n) is 1.95. The Balaban J connectivity index is 0.00000144. The Kier molecular flexibility index (Phi) is 3.80. The smallest absolute Gasteiger partial charge is 0.394 e. The van der Waals surface area contributed by atoms with Crippen LogP contribution in [0, 0.1) is 0 Å². The third-order valence-electron chi connectivity index (χ3n) is 1.01. The molecule has 0 saturated carbocycles. The lowest BCUT2D eigenvalue weighted by Gasteiger charge is -2.08. The Bertz CT molecular complexity index is 279. The van der Waals surface area contributed by atoms with Crippen molar-refractivity contribution in [2.75, 3.05) is 5.73 Å². The SMILES string of the molecule is Cl.Nc1cccnc1OC(F)(F)F. The average molecular weight is 215 g/mol. The average Bonchev–Trinajstić information content (AvgIpc) is 1.91. The Morgan fingerprint density at radius 2 is 2.00 bits per heavy atom. The molecule has 3 nitrogen and oxygen atoms in total. The van der Waals surface area contributed by atoms with Gasteiger partial charge in [0.15, 0.2) is 0 Å². The lowest BCUT2D eigenvalue weighted by molar-refractivity contribution is -0.275. The van der Waals surface area contributed by atoms with Crippen molar-refractivity contribution in [2.45, 2.75) is 6.36 Å². The molecule has 2 N–H and O–H groups in total. The minimum Gasteiger partial charge on any atom is -0.394 e. The highest BCUT2D eigenvalue weighted by atomic mass is 35.5. The number of nitrogen functional groups attached to an aromatic ring is 1. The Hall–Kier alpha value is -1.17. The predicted molar refractivity (Wildman–Crippen MR) is 42.6 cm³/mol. The molecule has 1 aromatic heterocycles. The second-order valence-corrected chi connectivity index (χ2v) is 1.95. The molecule has 1 heterocycles. The summed E-state index contributed by atoms with van der Waals surface area (Å²) in [6.45, 7) is 0. The van der Waals surface area contributed by atoms with E-state index in [4.69, 9.17) is 5.73 Å². The van der Waals surface area contributed by atoms with Crippen molar-refractivity contribution in [3.63, 3.8) is 0 Å². The van der Waals surface area contributed by atoms with Crippen molar-refractivity contribution in [1.82, 2.24) is 4.98 Å². The van der Waals surface area contributed by atoms with Gasteiger partial charge in [-0.15, -0.1) is 25.6 Å². The summed E-state index contributed by atoms with van der Waals surface area (Å²) in [5.74, 6) is -0.620. The molecule has 13 heavy (non-hydrogen) atoms. The Morgan fingerprint density at radius 3 is 2.46 bits per heavy atom. The van der Waals surface area contributed by atoms with Gasteiger partial charge in [-0.2, -0.15) is 0 Å². The van der Waals surface area contributed by atoms with Gasteiger partial charge in [-0.1, -0.05) is 0 Å². The van der Waals surface area contributed by atoms with E-state index in [0.29, 0.717) is 0 Å². The fraction of sp³-hybridized carbons (Fsp3) is 0.167. The molecule has 1 aromatic rings. The van der Waals surface area contributed by atoms with Gasteiger partial charge in [0, 0.05) is 6.20 Å². The molecule has 0 fully saturated rings. The number of nitrogens with two attached hydrogens (primary N) is 1. The summed E-state index contributed by atoms with van der Waals surface area (Å²) in [4.78, 5) is 3.30. The largest absolute Gasteiger partial charge is 0.574 e. The Morgan fingerprint density at radius 1 is 1.38 bits per heavy atom. The van der Waals surface area contributed by atoms with Crippen molar-refractivity contribution < 1.29 is 17.9 Å². The van der Waals surface area contributed by atoms with Crippen LogP contribution in [-0.2, 0) is 0 Å². The molecule has 0 unspecified atom stereocenters.